The molecule has 0 atom stereocenters. The largest absolute Gasteiger partial charge is 0.338 e. The molecule has 3 rings (SSSR count). The van der Waals surface area contributed by atoms with Crippen LogP contribution in [-0.2, 0) is 9.84 Å². The van der Waals surface area contributed by atoms with Gasteiger partial charge in [0.15, 0.2) is 9.84 Å². The van der Waals surface area contributed by atoms with Crippen molar-refractivity contribution in [2.75, 3.05) is 10.6 Å². The topological polar surface area (TPSA) is 101 Å². The molecule has 3 aromatic rings. The van der Waals surface area contributed by atoms with Crippen molar-refractivity contribution in [3.8, 4) is 0 Å². The normalized spacial score (nSPS) is 11.4. The van der Waals surface area contributed by atoms with E-state index in [1.54, 1.807) is 26.0 Å². The molecule has 0 aliphatic rings. The van der Waals surface area contributed by atoms with Crippen molar-refractivity contribution in [3.05, 3.63) is 70.3 Å². The Bertz CT molecular complexity index is 1230. The maximum Gasteiger partial charge on any atom is 0.261 e. The molecule has 0 aliphatic heterocycles. The SMILES string of the molecule is CC(C)S(=O)(=O)c1ccccc1Nc1nc(Cl)ncc1C(=O)Nc1c(F)cccc1Cl. The van der Waals surface area contributed by atoms with E-state index < -0.39 is 26.8 Å². The van der Waals surface area contributed by atoms with Crippen LogP contribution in [0, 0.1) is 5.82 Å². The molecule has 2 aromatic carbocycles. The maximum atomic E-state index is 14.1. The molecule has 0 bridgehead atoms. The number of nitrogens with one attached hydrogen (secondary N) is 2. The number of carbonyl (C=O) groups excluding carboxylic acids is 1. The van der Waals surface area contributed by atoms with Gasteiger partial charge in [-0.2, -0.15) is 4.98 Å². The van der Waals surface area contributed by atoms with Crippen LogP contribution in [0.15, 0.2) is 53.6 Å². The Kier molecular flexibility index (Phi) is 6.78. The molecule has 0 unspecified atom stereocenters. The van der Waals surface area contributed by atoms with Gasteiger partial charge in [0.25, 0.3) is 5.91 Å². The van der Waals surface area contributed by atoms with Gasteiger partial charge in [0.05, 0.1) is 26.5 Å². The Morgan fingerprint density at radius 2 is 1.81 bits per heavy atom. The molecule has 0 radical (unpaired) electrons. The maximum absolute atomic E-state index is 14.1. The number of hydrogen-bond acceptors (Lipinski definition) is 6. The van der Waals surface area contributed by atoms with Crippen molar-refractivity contribution < 1.29 is 17.6 Å². The minimum Gasteiger partial charge on any atom is -0.338 e. The van der Waals surface area contributed by atoms with Crippen molar-refractivity contribution >= 4 is 56.1 Å². The van der Waals surface area contributed by atoms with E-state index in [2.05, 4.69) is 20.6 Å². The van der Waals surface area contributed by atoms with E-state index >= 15 is 0 Å². The molecular weight excluding hydrogens is 466 g/mol. The summed E-state index contributed by atoms with van der Waals surface area (Å²) in [5.74, 6) is -1.55. The second-order valence-corrected chi connectivity index (χ2v) is 9.88. The van der Waals surface area contributed by atoms with Crippen LogP contribution in [0.4, 0.5) is 21.6 Å². The molecule has 0 aliphatic carbocycles. The summed E-state index contributed by atoms with van der Waals surface area (Å²) in [7, 11) is -3.64. The Balaban J connectivity index is 2.02. The van der Waals surface area contributed by atoms with Crippen molar-refractivity contribution in [1.82, 2.24) is 9.97 Å². The number of benzene rings is 2. The average molecular weight is 483 g/mol. The number of amides is 1. The Morgan fingerprint density at radius 3 is 2.48 bits per heavy atom. The molecule has 0 saturated carbocycles. The van der Waals surface area contributed by atoms with Gasteiger partial charge in [0.2, 0.25) is 5.28 Å². The zero-order chi connectivity index (χ0) is 22.8. The number of sulfone groups is 1. The first-order chi connectivity index (χ1) is 14.6. The van der Waals surface area contributed by atoms with Gasteiger partial charge in [-0.1, -0.05) is 29.8 Å². The van der Waals surface area contributed by atoms with Crippen molar-refractivity contribution in [1.29, 1.82) is 0 Å². The highest BCUT2D eigenvalue weighted by molar-refractivity contribution is 7.92. The second kappa shape index (κ2) is 9.17. The molecule has 1 aromatic heterocycles. The van der Waals surface area contributed by atoms with Crippen LogP contribution < -0.4 is 10.6 Å². The van der Waals surface area contributed by atoms with E-state index in [1.165, 1.54) is 24.3 Å². The average Bonchev–Trinajstić information content (AvgIpc) is 2.71. The molecule has 162 valence electrons. The van der Waals surface area contributed by atoms with E-state index in [1.807, 2.05) is 0 Å². The molecule has 0 saturated heterocycles. The zero-order valence-corrected chi connectivity index (χ0v) is 18.7. The highest BCUT2D eigenvalue weighted by atomic mass is 35.5. The zero-order valence-electron chi connectivity index (χ0n) is 16.4. The number of aromatic nitrogens is 2. The Morgan fingerprint density at radius 1 is 1.10 bits per heavy atom. The Hall–Kier alpha value is -2.75. The van der Waals surface area contributed by atoms with Gasteiger partial charge in [0, 0.05) is 6.20 Å². The fraction of sp³-hybridized carbons (Fsp3) is 0.150. The fourth-order valence-corrected chi connectivity index (χ4v) is 4.16. The van der Waals surface area contributed by atoms with Crippen molar-refractivity contribution in [2.45, 2.75) is 24.0 Å². The van der Waals surface area contributed by atoms with Crippen LogP contribution in [0.2, 0.25) is 10.3 Å². The third kappa shape index (κ3) is 4.95. The van der Waals surface area contributed by atoms with E-state index in [-0.39, 0.29) is 38.0 Å². The van der Waals surface area contributed by atoms with Crippen molar-refractivity contribution in [3.63, 3.8) is 0 Å². The summed E-state index contributed by atoms with van der Waals surface area (Å²) in [4.78, 5) is 20.6. The number of nitrogens with zero attached hydrogens (tertiary/aromatic N) is 2. The summed E-state index contributed by atoms with van der Waals surface area (Å²) < 4.78 is 39.5. The molecule has 2 N–H and O–H groups in total. The van der Waals surface area contributed by atoms with Crippen LogP contribution in [0.1, 0.15) is 24.2 Å². The molecule has 31 heavy (non-hydrogen) atoms. The lowest BCUT2D eigenvalue weighted by molar-refractivity contribution is 0.102. The summed E-state index contributed by atoms with van der Waals surface area (Å²) in [5, 5.41) is 4.37. The van der Waals surface area contributed by atoms with Gasteiger partial charge < -0.3 is 10.6 Å². The smallest absolute Gasteiger partial charge is 0.261 e. The van der Waals surface area contributed by atoms with Gasteiger partial charge >= 0.3 is 0 Å². The summed E-state index contributed by atoms with van der Waals surface area (Å²) in [6, 6.07) is 10.2. The first-order valence-electron chi connectivity index (χ1n) is 8.99. The van der Waals surface area contributed by atoms with Gasteiger partial charge in [-0.15, -0.1) is 0 Å². The third-order valence-corrected chi connectivity index (χ3v) is 6.98. The molecule has 1 heterocycles. The highest BCUT2D eigenvalue weighted by Crippen LogP contribution is 2.30. The lowest BCUT2D eigenvalue weighted by atomic mass is 10.2. The van der Waals surface area contributed by atoms with Gasteiger partial charge in [-0.25, -0.2) is 17.8 Å². The van der Waals surface area contributed by atoms with Crippen molar-refractivity contribution in [2.24, 2.45) is 0 Å². The molecule has 0 fully saturated rings. The predicted octanol–water partition coefficient (Wildman–Crippen LogP) is 5.10. The minimum absolute atomic E-state index is 0.00566. The lowest BCUT2D eigenvalue weighted by Crippen LogP contribution is -2.18. The van der Waals surface area contributed by atoms with Crippen LogP contribution in [0.5, 0.6) is 0 Å². The summed E-state index contributed by atoms with van der Waals surface area (Å²) >= 11 is 11.9. The fourth-order valence-electron chi connectivity index (χ4n) is 2.62. The molecule has 7 nitrogen and oxygen atoms in total. The van der Waals surface area contributed by atoms with Gasteiger partial charge in [-0.3, -0.25) is 4.79 Å². The van der Waals surface area contributed by atoms with Gasteiger partial charge in [-0.05, 0) is 49.7 Å². The lowest BCUT2D eigenvalue weighted by Gasteiger charge is -2.16. The number of anilines is 3. The van der Waals surface area contributed by atoms with Crippen LogP contribution in [0.25, 0.3) is 0 Å². The molecule has 1 amide bonds. The standard InChI is InChI=1S/C20H17Cl2FN4O3S/c1-11(2)31(29,30)16-9-4-3-8-15(16)25-18-12(10-24-20(22)27-18)19(28)26-17-13(21)6-5-7-14(17)23/h3-11H,1-2H3,(H,26,28)(H,24,25,27). The minimum atomic E-state index is -3.64. The van der Waals surface area contributed by atoms with Crippen LogP contribution in [0.3, 0.4) is 0 Å². The van der Waals surface area contributed by atoms with E-state index in [4.69, 9.17) is 23.2 Å². The van der Waals surface area contributed by atoms with Crippen LogP contribution >= 0.6 is 23.2 Å². The highest BCUT2D eigenvalue weighted by Gasteiger charge is 2.24. The third-order valence-electron chi connectivity index (χ3n) is 4.27. The quantitative estimate of drug-likeness (QED) is 0.473. The number of halogens is 3. The second-order valence-electron chi connectivity index (χ2n) is 6.67. The predicted molar refractivity (Wildman–Crippen MR) is 118 cm³/mol. The summed E-state index contributed by atoms with van der Waals surface area (Å²) in [5.41, 5.74) is -0.109. The van der Waals surface area contributed by atoms with Gasteiger partial charge in [0.1, 0.15) is 17.2 Å². The number of hydrogen-bond donors (Lipinski definition) is 2. The van der Waals surface area contributed by atoms with E-state index in [0.29, 0.717) is 0 Å². The monoisotopic (exact) mass is 482 g/mol. The first-order valence-corrected chi connectivity index (χ1v) is 11.3. The van der Waals surface area contributed by atoms with E-state index in [9.17, 15) is 17.6 Å². The molecule has 11 heteroatoms. The molecular formula is C20H17Cl2FN4O3S. The van der Waals surface area contributed by atoms with Crippen LogP contribution in [-0.4, -0.2) is 29.5 Å². The molecule has 0 spiro atoms. The van der Waals surface area contributed by atoms with E-state index in [0.717, 1.165) is 12.3 Å². The Labute approximate surface area is 188 Å². The summed E-state index contributed by atoms with van der Waals surface area (Å²) in [6.45, 7) is 3.12. The number of rotatable bonds is 6. The number of para-hydroxylation sites is 2. The first kappa shape index (κ1) is 22.9. The summed E-state index contributed by atoms with van der Waals surface area (Å²) in [6.07, 6.45) is 1.14. The number of carbonyl (C=O) groups is 1.